The van der Waals surface area contributed by atoms with Gasteiger partial charge in [-0.2, -0.15) is 5.10 Å². The molecule has 142 valence electrons. The largest absolute Gasteiger partial charge is 0.335 e. The molecule has 2 aromatic heterocycles. The third-order valence-electron chi connectivity index (χ3n) is 4.94. The smallest absolute Gasteiger partial charge is 0.264 e. The van der Waals surface area contributed by atoms with Crippen LogP contribution < -0.4 is 0 Å². The predicted molar refractivity (Wildman–Crippen MR) is 111 cm³/mol. The van der Waals surface area contributed by atoms with Gasteiger partial charge < -0.3 is 9.80 Å². The van der Waals surface area contributed by atoms with Crippen LogP contribution in [0.5, 0.6) is 0 Å². The van der Waals surface area contributed by atoms with Gasteiger partial charge in [0, 0.05) is 41.6 Å². The Morgan fingerprint density at radius 3 is 2.63 bits per heavy atom. The normalized spacial score (nSPS) is 15.6. The van der Waals surface area contributed by atoms with Crippen LogP contribution in [0.4, 0.5) is 0 Å². The summed E-state index contributed by atoms with van der Waals surface area (Å²) in [6.07, 6.45) is 0. The van der Waals surface area contributed by atoms with Gasteiger partial charge in [-0.25, -0.2) is 0 Å². The fourth-order valence-corrected chi connectivity index (χ4v) is 4.90. The molecule has 1 fully saturated rings. The maximum absolute atomic E-state index is 12.9. The van der Waals surface area contributed by atoms with E-state index in [4.69, 9.17) is 23.2 Å². The first kappa shape index (κ1) is 18.7. The zero-order valence-corrected chi connectivity index (χ0v) is 17.5. The minimum absolute atomic E-state index is 0.111. The Kier molecular flexibility index (Phi) is 5.16. The molecule has 0 bridgehead atoms. The molecular formula is C19H20Cl2N4OS. The summed E-state index contributed by atoms with van der Waals surface area (Å²) in [6.45, 7) is 5.89. The van der Waals surface area contributed by atoms with E-state index < -0.39 is 0 Å². The van der Waals surface area contributed by atoms with Gasteiger partial charge in [0.15, 0.2) is 0 Å². The van der Waals surface area contributed by atoms with Gasteiger partial charge in [-0.3, -0.25) is 9.48 Å². The van der Waals surface area contributed by atoms with E-state index in [1.807, 2.05) is 34.7 Å². The number of hydrogen-bond acceptors (Lipinski definition) is 4. The summed E-state index contributed by atoms with van der Waals surface area (Å²) in [7, 11) is 2.08. The van der Waals surface area contributed by atoms with Crippen molar-refractivity contribution in [2.75, 3.05) is 33.2 Å². The molecule has 0 atom stereocenters. The summed E-state index contributed by atoms with van der Waals surface area (Å²) < 4.78 is 1.92. The van der Waals surface area contributed by atoms with E-state index in [1.54, 1.807) is 6.07 Å². The molecule has 1 aliphatic rings. The second kappa shape index (κ2) is 7.43. The minimum Gasteiger partial charge on any atom is -0.335 e. The molecule has 4 rings (SSSR count). The Labute approximate surface area is 172 Å². The van der Waals surface area contributed by atoms with Crippen molar-refractivity contribution in [2.45, 2.75) is 13.5 Å². The molecule has 0 radical (unpaired) electrons. The zero-order valence-electron chi connectivity index (χ0n) is 15.2. The summed E-state index contributed by atoms with van der Waals surface area (Å²) in [5, 5.41) is 6.90. The summed E-state index contributed by atoms with van der Waals surface area (Å²) in [4.78, 5) is 18.8. The summed E-state index contributed by atoms with van der Waals surface area (Å²) in [5.41, 5.74) is 1.87. The molecule has 3 heterocycles. The highest BCUT2D eigenvalue weighted by Crippen LogP contribution is 2.31. The van der Waals surface area contributed by atoms with Crippen LogP contribution in [-0.2, 0) is 6.54 Å². The van der Waals surface area contributed by atoms with Gasteiger partial charge >= 0.3 is 0 Å². The minimum atomic E-state index is 0.111. The molecular weight excluding hydrogens is 403 g/mol. The molecule has 1 aliphatic heterocycles. The molecule has 8 heteroatoms. The number of aromatic nitrogens is 2. The van der Waals surface area contributed by atoms with Crippen LogP contribution in [0.25, 0.3) is 10.2 Å². The number of halogens is 2. The molecule has 0 spiro atoms. The van der Waals surface area contributed by atoms with E-state index in [9.17, 15) is 4.79 Å². The molecule has 0 N–H and O–H groups in total. The first-order valence-corrected chi connectivity index (χ1v) is 10.4. The van der Waals surface area contributed by atoms with Gasteiger partial charge in [0.1, 0.15) is 4.83 Å². The van der Waals surface area contributed by atoms with Crippen LogP contribution in [-0.4, -0.2) is 58.7 Å². The lowest BCUT2D eigenvalue weighted by atomic mass is 10.2. The molecule has 5 nitrogen and oxygen atoms in total. The number of aryl methyl sites for hydroxylation is 1. The van der Waals surface area contributed by atoms with E-state index >= 15 is 0 Å². The number of hydrogen-bond donors (Lipinski definition) is 0. The van der Waals surface area contributed by atoms with Crippen molar-refractivity contribution in [3.8, 4) is 0 Å². The van der Waals surface area contributed by atoms with E-state index in [1.165, 1.54) is 11.3 Å². The summed E-state index contributed by atoms with van der Waals surface area (Å²) in [6, 6.07) is 7.45. The van der Waals surface area contributed by atoms with Crippen LogP contribution in [0, 0.1) is 6.92 Å². The molecule has 1 saturated heterocycles. The van der Waals surface area contributed by atoms with Gasteiger partial charge in [0.2, 0.25) is 0 Å². The van der Waals surface area contributed by atoms with Crippen molar-refractivity contribution in [3.05, 3.63) is 50.4 Å². The average molecular weight is 423 g/mol. The number of benzene rings is 1. The molecule has 1 aromatic carbocycles. The average Bonchev–Trinajstić information content (AvgIpc) is 3.19. The Hall–Kier alpha value is -1.60. The predicted octanol–water partition coefficient (Wildman–Crippen LogP) is 4.15. The Morgan fingerprint density at radius 1 is 1.19 bits per heavy atom. The second-order valence-corrected chi connectivity index (χ2v) is 8.78. The topological polar surface area (TPSA) is 41.4 Å². The fourth-order valence-electron chi connectivity index (χ4n) is 3.30. The number of piperazine rings is 1. The summed E-state index contributed by atoms with van der Waals surface area (Å²) in [5.74, 6) is 0.111. The molecule has 0 aliphatic carbocycles. The highest BCUT2D eigenvalue weighted by atomic mass is 35.5. The Balaban J connectivity index is 1.63. The monoisotopic (exact) mass is 422 g/mol. The lowest BCUT2D eigenvalue weighted by molar-refractivity contribution is 0.0669. The number of rotatable bonds is 3. The fraction of sp³-hybridized carbons (Fsp3) is 0.368. The first-order valence-electron chi connectivity index (χ1n) is 8.81. The van der Waals surface area contributed by atoms with Crippen molar-refractivity contribution < 1.29 is 4.79 Å². The zero-order chi connectivity index (χ0) is 19.1. The van der Waals surface area contributed by atoms with Gasteiger partial charge in [0.25, 0.3) is 5.91 Å². The number of carbonyl (C=O) groups is 1. The van der Waals surface area contributed by atoms with Gasteiger partial charge in [-0.1, -0.05) is 29.3 Å². The number of carbonyl (C=O) groups excluding carboxylic acids is 1. The van der Waals surface area contributed by atoms with Gasteiger partial charge in [-0.15, -0.1) is 11.3 Å². The van der Waals surface area contributed by atoms with Crippen molar-refractivity contribution >= 4 is 50.7 Å². The summed E-state index contributed by atoms with van der Waals surface area (Å²) >= 11 is 13.8. The number of nitrogens with zero attached hydrogens (tertiary/aromatic N) is 4. The quantitative estimate of drug-likeness (QED) is 0.636. The number of fused-ring (bicyclic) bond motifs is 1. The second-order valence-electron chi connectivity index (χ2n) is 6.90. The van der Waals surface area contributed by atoms with Crippen molar-refractivity contribution in [1.29, 1.82) is 0 Å². The third kappa shape index (κ3) is 3.72. The highest BCUT2D eigenvalue weighted by Gasteiger charge is 2.23. The Bertz CT molecular complexity index is 1000. The number of thiophene rings is 1. The maximum atomic E-state index is 12.9. The van der Waals surface area contributed by atoms with Crippen molar-refractivity contribution in [3.63, 3.8) is 0 Å². The number of likely N-dealkylation sites (N-methyl/N-ethyl adjacent to an activating group) is 1. The Morgan fingerprint density at radius 2 is 1.93 bits per heavy atom. The van der Waals surface area contributed by atoms with Crippen LogP contribution in [0.2, 0.25) is 10.0 Å². The lowest BCUT2D eigenvalue weighted by Gasteiger charge is -2.32. The molecule has 3 aromatic rings. The van der Waals surface area contributed by atoms with Crippen LogP contribution in [0.15, 0.2) is 24.3 Å². The SMILES string of the molecule is Cc1nn(Cc2ccc(Cl)cc2Cl)c2sc(C(=O)N3CCN(C)CC3)cc12. The first-order chi connectivity index (χ1) is 12.9. The van der Waals surface area contributed by atoms with Crippen molar-refractivity contribution in [1.82, 2.24) is 19.6 Å². The number of amides is 1. The van der Waals surface area contributed by atoms with Crippen molar-refractivity contribution in [2.24, 2.45) is 0 Å². The van der Waals surface area contributed by atoms with Crippen LogP contribution in [0.1, 0.15) is 20.9 Å². The lowest BCUT2D eigenvalue weighted by Crippen LogP contribution is -2.46. The van der Waals surface area contributed by atoms with E-state index in [2.05, 4.69) is 17.0 Å². The van der Waals surface area contributed by atoms with Crippen LogP contribution >= 0.6 is 34.5 Å². The van der Waals surface area contributed by atoms with E-state index in [-0.39, 0.29) is 5.91 Å². The molecule has 0 unspecified atom stereocenters. The standard InChI is InChI=1S/C19H20Cl2N4OS/c1-12-15-10-17(18(26)24-7-5-23(2)6-8-24)27-19(15)25(22-12)11-13-3-4-14(20)9-16(13)21/h3-4,9-10H,5-8,11H2,1-2H3. The molecule has 0 saturated carbocycles. The molecule has 27 heavy (non-hydrogen) atoms. The van der Waals surface area contributed by atoms with Gasteiger partial charge in [0.05, 0.1) is 17.1 Å². The van der Waals surface area contributed by atoms with E-state index in [0.717, 1.165) is 52.5 Å². The highest BCUT2D eigenvalue weighted by molar-refractivity contribution is 7.20. The van der Waals surface area contributed by atoms with E-state index in [0.29, 0.717) is 16.6 Å². The van der Waals surface area contributed by atoms with Gasteiger partial charge in [-0.05, 0) is 37.7 Å². The maximum Gasteiger partial charge on any atom is 0.264 e. The van der Waals surface area contributed by atoms with Crippen LogP contribution in [0.3, 0.4) is 0 Å². The molecule has 1 amide bonds. The third-order valence-corrected chi connectivity index (χ3v) is 6.67.